The molecular weight excluding hydrogens is 498 g/mol. The van der Waals surface area contributed by atoms with Crippen LogP contribution in [0.25, 0.3) is 6.08 Å². The zero-order valence-corrected chi connectivity index (χ0v) is 21.3. The Labute approximate surface area is 220 Å². The summed E-state index contributed by atoms with van der Waals surface area (Å²) in [6.45, 7) is 3.49. The Morgan fingerprint density at radius 3 is 2.61 bits per heavy atom. The number of likely N-dealkylation sites (tertiary alicyclic amines) is 1. The molecule has 2 aliphatic rings. The van der Waals surface area contributed by atoms with Crippen molar-refractivity contribution in [2.24, 2.45) is 0 Å². The van der Waals surface area contributed by atoms with E-state index in [0.717, 1.165) is 59.9 Å². The van der Waals surface area contributed by atoms with Gasteiger partial charge in [0.15, 0.2) is 0 Å². The summed E-state index contributed by atoms with van der Waals surface area (Å²) < 4.78 is 14.3. The number of hydrogen-bond donors (Lipinski definition) is 1. The molecule has 5 nitrogen and oxygen atoms in total. The lowest BCUT2D eigenvalue weighted by Crippen LogP contribution is -2.47. The molecule has 1 N–H and O–H groups in total. The lowest BCUT2D eigenvalue weighted by molar-refractivity contribution is 0.180. The number of amides is 2. The van der Waals surface area contributed by atoms with E-state index in [-0.39, 0.29) is 17.3 Å². The van der Waals surface area contributed by atoms with Gasteiger partial charge in [-0.3, -0.25) is 9.80 Å². The molecular formula is C28H27Cl2FN4O. The topological polar surface area (TPSA) is 48.5 Å². The highest BCUT2D eigenvalue weighted by Crippen LogP contribution is 2.47. The van der Waals surface area contributed by atoms with Gasteiger partial charge in [0.25, 0.3) is 0 Å². The van der Waals surface area contributed by atoms with Crippen LogP contribution >= 0.6 is 23.2 Å². The number of pyridine rings is 1. The number of nitrogens with zero attached hydrogens (tertiary/aromatic N) is 3. The van der Waals surface area contributed by atoms with E-state index in [0.29, 0.717) is 18.2 Å². The van der Waals surface area contributed by atoms with E-state index in [1.165, 1.54) is 6.07 Å². The highest BCUT2D eigenvalue weighted by molar-refractivity contribution is 6.30. The fraction of sp³-hybridized carbons (Fsp3) is 0.286. The van der Waals surface area contributed by atoms with Gasteiger partial charge in [-0.1, -0.05) is 47.5 Å². The first-order chi connectivity index (χ1) is 17.4. The molecule has 0 saturated carbocycles. The van der Waals surface area contributed by atoms with Crippen molar-refractivity contribution >= 4 is 41.0 Å². The fourth-order valence-electron chi connectivity index (χ4n) is 5.15. The third-order valence-electron chi connectivity index (χ3n) is 7.12. The van der Waals surface area contributed by atoms with Crippen LogP contribution in [0.1, 0.15) is 29.5 Å². The van der Waals surface area contributed by atoms with Crippen molar-refractivity contribution in [3.8, 4) is 0 Å². The molecule has 1 spiro atoms. The number of fused-ring (bicyclic) bond motifs is 2. The van der Waals surface area contributed by atoms with Gasteiger partial charge in [0.05, 0.1) is 0 Å². The lowest BCUT2D eigenvalue weighted by Gasteiger charge is -2.39. The maximum Gasteiger partial charge on any atom is 0.322 e. The predicted molar refractivity (Wildman–Crippen MR) is 143 cm³/mol. The molecule has 1 fully saturated rings. The molecule has 0 unspecified atom stereocenters. The van der Waals surface area contributed by atoms with Crippen LogP contribution in [0, 0.1) is 5.82 Å². The number of rotatable bonds is 5. The summed E-state index contributed by atoms with van der Waals surface area (Å²) >= 11 is 11.9. The van der Waals surface area contributed by atoms with E-state index in [1.54, 1.807) is 29.3 Å². The van der Waals surface area contributed by atoms with Gasteiger partial charge < -0.3 is 5.32 Å². The summed E-state index contributed by atoms with van der Waals surface area (Å²) in [5.41, 5.74) is 3.46. The van der Waals surface area contributed by atoms with Gasteiger partial charge >= 0.3 is 6.03 Å². The minimum atomic E-state index is -0.268. The Hall–Kier alpha value is -2.93. The van der Waals surface area contributed by atoms with Crippen LogP contribution in [0.2, 0.25) is 10.2 Å². The molecule has 3 heterocycles. The van der Waals surface area contributed by atoms with Gasteiger partial charge in [-0.25, -0.2) is 14.2 Å². The van der Waals surface area contributed by atoms with Crippen LogP contribution in [0.5, 0.6) is 0 Å². The zero-order chi connectivity index (χ0) is 25.1. The van der Waals surface area contributed by atoms with E-state index in [9.17, 15) is 9.18 Å². The average molecular weight is 525 g/mol. The first kappa shape index (κ1) is 24.8. The molecule has 2 aliphatic heterocycles. The van der Waals surface area contributed by atoms with E-state index >= 15 is 0 Å². The Balaban J connectivity index is 1.24. The molecule has 2 amide bonds. The number of benzene rings is 2. The molecule has 36 heavy (non-hydrogen) atoms. The highest BCUT2D eigenvalue weighted by Gasteiger charge is 2.46. The van der Waals surface area contributed by atoms with Crippen molar-refractivity contribution in [2.45, 2.75) is 24.8 Å². The van der Waals surface area contributed by atoms with Gasteiger partial charge in [-0.15, -0.1) is 0 Å². The second-order valence-electron chi connectivity index (χ2n) is 9.43. The molecule has 3 aromatic rings. The van der Waals surface area contributed by atoms with Gasteiger partial charge in [0.1, 0.15) is 11.0 Å². The number of urea groups is 1. The molecule has 2 aromatic carbocycles. The lowest BCUT2D eigenvalue weighted by atomic mass is 9.74. The standard InChI is InChI=1S/C28H27Cl2FN4O/c29-22-5-3-20(4-6-22)2-1-13-34-14-10-28(11-15-34)19-35(25-8-7-23(31)17-24(25)28)27(36)33-18-21-9-12-32-26(30)16-21/h1-9,12,16-17H,10-11,13-15,18-19H2,(H,33,36). The first-order valence-electron chi connectivity index (χ1n) is 12.0. The van der Waals surface area contributed by atoms with Crippen molar-refractivity contribution < 1.29 is 9.18 Å². The Morgan fingerprint density at radius 2 is 1.86 bits per heavy atom. The van der Waals surface area contributed by atoms with Crippen LogP contribution in [0.3, 0.4) is 0 Å². The fourth-order valence-corrected chi connectivity index (χ4v) is 5.47. The van der Waals surface area contributed by atoms with Crippen molar-refractivity contribution in [1.29, 1.82) is 0 Å². The average Bonchev–Trinajstić information content (AvgIpc) is 3.18. The summed E-state index contributed by atoms with van der Waals surface area (Å²) in [5.74, 6) is -0.268. The molecule has 0 radical (unpaired) electrons. The molecule has 186 valence electrons. The smallest absolute Gasteiger partial charge is 0.322 e. The Bertz CT molecular complexity index is 1270. The van der Waals surface area contributed by atoms with Crippen LogP contribution in [-0.2, 0) is 12.0 Å². The summed E-state index contributed by atoms with van der Waals surface area (Å²) in [6, 6.07) is 15.9. The summed E-state index contributed by atoms with van der Waals surface area (Å²) in [6.07, 6.45) is 7.60. The molecule has 8 heteroatoms. The molecule has 5 rings (SSSR count). The Morgan fingerprint density at radius 1 is 1.08 bits per heavy atom. The molecule has 1 saturated heterocycles. The zero-order valence-electron chi connectivity index (χ0n) is 19.8. The van der Waals surface area contributed by atoms with Crippen LogP contribution in [-0.4, -0.2) is 42.1 Å². The number of piperidine rings is 1. The minimum absolute atomic E-state index is 0.194. The normalized spacial score (nSPS) is 17.0. The van der Waals surface area contributed by atoms with Crippen LogP contribution in [0.15, 0.2) is 66.9 Å². The number of anilines is 1. The van der Waals surface area contributed by atoms with Gasteiger partial charge in [0, 0.05) is 42.0 Å². The second-order valence-corrected chi connectivity index (χ2v) is 10.3. The van der Waals surface area contributed by atoms with E-state index < -0.39 is 0 Å². The van der Waals surface area contributed by atoms with Crippen molar-refractivity contribution in [3.63, 3.8) is 0 Å². The monoisotopic (exact) mass is 524 g/mol. The SMILES string of the molecule is O=C(NCc1ccnc(Cl)c1)N1CC2(CCN(CC=Cc3ccc(Cl)cc3)CC2)c2cc(F)ccc21. The molecule has 0 aliphatic carbocycles. The van der Waals surface area contributed by atoms with Gasteiger partial charge in [-0.05, 0) is 85.1 Å². The van der Waals surface area contributed by atoms with Crippen LogP contribution < -0.4 is 10.2 Å². The maximum atomic E-state index is 14.3. The number of nitrogens with one attached hydrogen (secondary N) is 1. The number of carbonyl (C=O) groups excluding carboxylic acids is 1. The van der Waals surface area contributed by atoms with Crippen molar-refractivity contribution in [3.05, 3.63) is 99.6 Å². The largest absolute Gasteiger partial charge is 0.334 e. The molecule has 1 aromatic heterocycles. The summed E-state index contributed by atoms with van der Waals surface area (Å²) in [7, 11) is 0. The third-order valence-corrected chi connectivity index (χ3v) is 7.58. The summed E-state index contributed by atoms with van der Waals surface area (Å²) in [4.78, 5) is 21.3. The van der Waals surface area contributed by atoms with E-state index in [1.807, 2.05) is 30.3 Å². The Kier molecular flexibility index (Phi) is 7.28. The summed E-state index contributed by atoms with van der Waals surface area (Å²) in [5, 5.41) is 4.09. The molecule has 0 bridgehead atoms. The predicted octanol–water partition coefficient (Wildman–Crippen LogP) is 6.30. The minimum Gasteiger partial charge on any atom is -0.334 e. The number of aromatic nitrogens is 1. The maximum absolute atomic E-state index is 14.3. The quantitative estimate of drug-likeness (QED) is 0.398. The van der Waals surface area contributed by atoms with Gasteiger partial charge in [0.2, 0.25) is 0 Å². The van der Waals surface area contributed by atoms with Crippen LogP contribution in [0.4, 0.5) is 14.9 Å². The highest BCUT2D eigenvalue weighted by atomic mass is 35.5. The van der Waals surface area contributed by atoms with E-state index in [2.05, 4.69) is 27.4 Å². The number of halogens is 3. The van der Waals surface area contributed by atoms with Crippen molar-refractivity contribution in [1.82, 2.24) is 15.2 Å². The number of hydrogen-bond acceptors (Lipinski definition) is 3. The second kappa shape index (κ2) is 10.6. The molecule has 0 atom stereocenters. The van der Waals surface area contributed by atoms with Gasteiger partial charge in [-0.2, -0.15) is 0 Å². The first-order valence-corrected chi connectivity index (χ1v) is 12.8. The third kappa shape index (κ3) is 5.41. The number of carbonyl (C=O) groups is 1. The van der Waals surface area contributed by atoms with Crippen molar-refractivity contribution in [2.75, 3.05) is 31.1 Å². The van der Waals surface area contributed by atoms with E-state index in [4.69, 9.17) is 23.2 Å².